The second-order valence-electron chi connectivity index (χ2n) is 2.89. The second-order valence-corrected chi connectivity index (χ2v) is 2.89. The molecule has 0 amide bonds. The molecule has 0 aliphatic heterocycles. The van der Waals surface area contributed by atoms with Gasteiger partial charge < -0.3 is 10.8 Å². The Morgan fingerprint density at radius 2 is 2.07 bits per heavy atom. The van der Waals surface area contributed by atoms with Gasteiger partial charge in [0.05, 0.1) is 5.57 Å². The minimum atomic E-state index is -0.456. The average molecular weight is 210 g/mol. The van der Waals surface area contributed by atoms with Gasteiger partial charge in [-0.05, 0) is 24.2 Å². The predicted molar refractivity (Wildman–Crippen MR) is 51.5 cm³/mol. The summed E-state index contributed by atoms with van der Waals surface area (Å²) in [4.78, 5) is 11.2. The molecule has 1 aromatic heterocycles. The summed E-state index contributed by atoms with van der Waals surface area (Å²) in [7, 11) is 0. The van der Waals surface area contributed by atoms with Crippen LogP contribution in [0.1, 0.15) is 19.5 Å². The molecule has 1 rings (SSSR count). The van der Waals surface area contributed by atoms with E-state index in [0.29, 0.717) is 0 Å². The molecule has 0 radical (unpaired) electrons. The van der Waals surface area contributed by atoms with Crippen molar-refractivity contribution in [2.24, 2.45) is 0 Å². The normalized spacial score (nSPS) is 12.1. The van der Waals surface area contributed by atoms with Crippen molar-refractivity contribution in [3.05, 3.63) is 17.0 Å². The van der Waals surface area contributed by atoms with Crippen molar-refractivity contribution >= 4 is 17.3 Å². The first-order chi connectivity index (χ1) is 6.95. The third-order valence-electron chi connectivity index (χ3n) is 1.71. The van der Waals surface area contributed by atoms with E-state index < -0.39 is 5.78 Å². The second kappa shape index (κ2) is 3.91. The summed E-state index contributed by atoms with van der Waals surface area (Å²) < 4.78 is 4.29. The summed E-state index contributed by atoms with van der Waals surface area (Å²) in [6.07, 6.45) is 0. The van der Waals surface area contributed by atoms with Crippen molar-refractivity contribution in [2.45, 2.75) is 13.8 Å². The third-order valence-corrected chi connectivity index (χ3v) is 1.71. The van der Waals surface area contributed by atoms with Gasteiger partial charge in [0.2, 0.25) is 0 Å². The Kier molecular flexibility index (Phi) is 2.84. The Bertz CT molecular complexity index is 442. The van der Waals surface area contributed by atoms with Crippen molar-refractivity contribution in [2.75, 3.05) is 5.73 Å². The summed E-state index contributed by atoms with van der Waals surface area (Å²) in [5, 5.41) is 23.5. The van der Waals surface area contributed by atoms with E-state index in [1.165, 1.54) is 13.8 Å². The quantitative estimate of drug-likeness (QED) is 0.377. The monoisotopic (exact) mass is 210 g/mol. The molecule has 0 aliphatic carbocycles. The van der Waals surface area contributed by atoms with Gasteiger partial charge in [-0.25, -0.2) is 4.63 Å². The van der Waals surface area contributed by atoms with E-state index in [1.807, 2.05) is 0 Å². The largest absolute Gasteiger partial charge is 0.512 e. The molecular weight excluding hydrogens is 200 g/mol. The molecule has 0 unspecified atom stereocenters. The van der Waals surface area contributed by atoms with Crippen LogP contribution in [0.15, 0.2) is 16.0 Å². The van der Waals surface area contributed by atoms with Gasteiger partial charge >= 0.3 is 0 Å². The minimum absolute atomic E-state index is 0.0615. The smallest absolute Gasteiger partial charge is 0.198 e. The van der Waals surface area contributed by atoms with Gasteiger partial charge in [0.15, 0.2) is 17.3 Å². The van der Waals surface area contributed by atoms with Crippen LogP contribution < -0.4 is 5.73 Å². The number of Topliss-reactive ketones (excluding diaryl/α,β-unsaturated/α-hetero) is 1. The Morgan fingerprint density at radius 3 is 2.40 bits per heavy atom. The fraction of sp³-hybridized carbons (Fsp3) is 0.250. The molecule has 7 heteroatoms. The maximum absolute atomic E-state index is 11.2. The van der Waals surface area contributed by atoms with Crippen LogP contribution in [-0.2, 0) is 4.79 Å². The zero-order valence-electron chi connectivity index (χ0n) is 8.24. The standard InChI is InChI=1S/C8H10N4O3/c1-3(13)5(4(2)14)6(9)7-8(10)12-15-11-7/h9,13H,1-2H3,(H2,10,12). The fourth-order valence-corrected chi connectivity index (χ4v) is 1.10. The van der Waals surface area contributed by atoms with Gasteiger partial charge in [0.25, 0.3) is 0 Å². The summed E-state index contributed by atoms with van der Waals surface area (Å²) in [5.41, 5.74) is 4.83. The van der Waals surface area contributed by atoms with E-state index in [0.717, 1.165) is 0 Å². The number of ketones is 1. The maximum atomic E-state index is 11.2. The van der Waals surface area contributed by atoms with Gasteiger partial charge in [0, 0.05) is 0 Å². The zero-order valence-corrected chi connectivity index (χ0v) is 8.24. The number of nitrogens with one attached hydrogen (secondary N) is 1. The maximum Gasteiger partial charge on any atom is 0.198 e. The molecule has 0 spiro atoms. The minimum Gasteiger partial charge on any atom is -0.512 e. The average Bonchev–Trinajstić information content (AvgIpc) is 2.49. The number of nitrogen functional groups attached to an aromatic ring is 1. The SMILES string of the molecule is CC(=O)C(C(=N)c1nonc1N)=C(C)O. The number of allylic oxidation sites excluding steroid dienone is 2. The van der Waals surface area contributed by atoms with E-state index in [4.69, 9.17) is 11.1 Å². The highest BCUT2D eigenvalue weighted by Crippen LogP contribution is 2.14. The summed E-state index contributed by atoms with van der Waals surface area (Å²) in [6.45, 7) is 2.53. The van der Waals surface area contributed by atoms with Crippen molar-refractivity contribution in [1.82, 2.24) is 10.3 Å². The summed E-state index contributed by atoms with van der Waals surface area (Å²) in [6, 6.07) is 0. The molecule has 0 fully saturated rings. The van der Waals surface area contributed by atoms with Gasteiger partial charge in [-0.15, -0.1) is 0 Å². The molecule has 7 nitrogen and oxygen atoms in total. The van der Waals surface area contributed by atoms with Crippen molar-refractivity contribution < 1.29 is 14.5 Å². The van der Waals surface area contributed by atoms with Crippen molar-refractivity contribution in [3.63, 3.8) is 0 Å². The van der Waals surface area contributed by atoms with E-state index in [1.54, 1.807) is 0 Å². The molecule has 0 bridgehead atoms. The van der Waals surface area contributed by atoms with Gasteiger partial charge in [-0.1, -0.05) is 0 Å². The Hall–Kier alpha value is -2.18. The third kappa shape index (κ3) is 2.01. The molecule has 80 valence electrons. The number of hydrogen-bond acceptors (Lipinski definition) is 7. The number of hydrogen-bond donors (Lipinski definition) is 3. The summed E-state index contributed by atoms with van der Waals surface area (Å²) in [5.74, 6) is -0.822. The first-order valence-corrected chi connectivity index (χ1v) is 4.03. The van der Waals surface area contributed by atoms with Crippen LogP contribution in [0.2, 0.25) is 0 Å². The molecule has 15 heavy (non-hydrogen) atoms. The van der Waals surface area contributed by atoms with Crippen LogP contribution in [0.3, 0.4) is 0 Å². The van der Waals surface area contributed by atoms with Crippen LogP contribution in [0.4, 0.5) is 5.82 Å². The highest BCUT2D eigenvalue weighted by atomic mass is 16.6. The molecule has 0 saturated carbocycles. The van der Waals surface area contributed by atoms with E-state index in [2.05, 4.69) is 14.9 Å². The van der Waals surface area contributed by atoms with Gasteiger partial charge in [0.1, 0.15) is 11.5 Å². The van der Waals surface area contributed by atoms with Crippen molar-refractivity contribution in [3.8, 4) is 0 Å². The molecule has 1 aromatic rings. The lowest BCUT2D eigenvalue weighted by molar-refractivity contribution is -0.113. The first kappa shape index (κ1) is 10.9. The molecule has 0 saturated heterocycles. The van der Waals surface area contributed by atoms with E-state index in [-0.39, 0.29) is 28.6 Å². The van der Waals surface area contributed by atoms with Crippen LogP contribution in [-0.4, -0.2) is 26.9 Å². The van der Waals surface area contributed by atoms with Crippen molar-refractivity contribution in [1.29, 1.82) is 5.41 Å². The van der Waals surface area contributed by atoms with Crippen LogP contribution in [0.5, 0.6) is 0 Å². The Labute approximate surface area is 85.0 Å². The lowest BCUT2D eigenvalue weighted by Gasteiger charge is -2.03. The number of anilines is 1. The highest BCUT2D eigenvalue weighted by molar-refractivity contribution is 6.27. The lowest BCUT2D eigenvalue weighted by atomic mass is 10.0. The fourth-order valence-electron chi connectivity index (χ4n) is 1.10. The first-order valence-electron chi connectivity index (χ1n) is 4.03. The molecule has 0 aromatic carbocycles. The summed E-state index contributed by atoms with van der Waals surface area (Å²) >= 11 is 0. The van der Waals surface area contributed by atoms with E-state index >= 15 is 0 Å². The van der Waals surface area contributed by atoms with Crippen LogP contribution >= 0.6 is 0 Å². The molecule has 1 heterocycles. The van der Waals surface area contributed by atoms with Crippen LogP contribution in [0, 0.1) is 5.41 Å². The molecule has 0 aliphatic rings. The molecular formula is C8H10N4O3. The predicted octanol–water partition coefficient (Wildman–Crippen LogP) is 0.441. The number of rotatable bonds is 3. The van der Waals surface area contributed by atoms with Crippen LogP contribution in [0.25, 0.3) is 0 Å². The topological polar surface area (TPSA) is 126 Å². The number of nitrogens with zero attached hydrogens (tertiary/aromatic N) is 2. The Morgan fingerprint density at radius 1 is 1.47 bits per heavy atom. The van der Waals surface area contributed by atoms with E-state index in [9.17, 15) is 9.90 Å². The Balaban J connectivity index is 3.20. The highest BCUT2D eigenvalue weighted by Gasteiger charge is 2.21. The number of aliphatic hydroxyl groups is 1. The van der Waals surface area contributed by atoms with Gasteiger partial charge in [-0.2, -0.15) is 0 Å². The number of carbonyl (C=O) groups is 1. The molecule has 4 N–H and O–H groups in total. The number of nitrogens with two attached hydrogens (primary N) is 1. The number of carbonyl (C=O) groups excluding carboxylic acids is 1. The number of aromatic nitrogens is 2. The number of aliphatic hydroxyl groups excluding tert-OH is 1. The zero-order chi connectivity index (χ0) is 11.6. The van der Waals surface area contributed by atoms with Gasteiger partial charge in [-0.3, -0.25) is 10.2 Å². The lowest BCUT2D eigenvalue weighted by Crippen LogP contribution is -2.14. The molecule has 0 atom stereocenters.